The van der Waals surface area contributed by atoms with Gasteiger partial charge < -0.3 is 10.4 Å². The van der Waals surface area contributed by atoms with Crippen molar-refractivity contribution in [3.63, 3.8) is 0 Å². The Morgan fingerprint density at radius 1 is 1.53 bits per heavy atom. The molecule has 2 N–H and O–H groups in total. The van der Waals surface area contributed by atoms with Crippen molar-refractivity contribution in [3.05, 3.63) is 0 Å². The van der Waals surface area contributed by atoms with E-state index in [1.165, 1.54) is 6.92 Å². The van der Waals surface area contributed by atoms with Crippen molar-refractivity contribution in [2.45, 2.75) is 24.6 Å². The number of rotatable bonds is 4. The maximum Gasteiger partial charge on any atom is 0.308 e. The topological polar surface area (TPSA) is 66.4 Å². The standard InChI is InChI=1S/C9H13Cl2NO3/c1-5(6(13)14)3-12-7(15)8(2)4-9(8,10)11/h5H,3-4H2,1-2H3,(H,12,15)(H,13,14)/t5-,8-/m1/s1. The maximum absolute atomic E-state index is 11.6. The van der Waals surface area contributed by atoms with E-state index < -0.39 is 21.6 Å². The minimum atomic E-state index is -1.01. The van der Waals surface area contributed by atoms with E-state index in [4.69, 9.17) is 28.3 Å². The number of carbonyl (C=O) groups is 2. The zero-order valence-electron chi connectivity index (χ0n) is 8.51. The first-order valence-corrected chi connectivity index (χ1v) is 5.35. The largest absolute Gasteiger partial charge is 0.481 e. The maximum atomic E-state index is 11.6. The van der Waals surface area contributed by atoms with Crippen molar-refractivity contribution in [1.82, 2.24) is 5.32 Å². The molecule has 86 valence electrons. The molecule has 0 saturated heterocycles. The molecule has 1 amide bonds. The van der Waals surface area contributed by atoms with Gasteiger partial charge in [-0.15, -0.1) is 23.2 Å². The predicted molar refractivity (Wildman–Crippen MR) is 57.0 cm³/mol. The Hall–Kier alpha value is -0.480. The summed E-state index contributed by atoms with van der Waals surface area (Å²) in [4.78, 5) is 22.1. The van der Waals surface area contributed by atoms with Gasteiger partial charge in [0.1, 0.15) is 4.33 Å². The molecule has 15 heavy (non-hydrogen) atoms. The fourth-order valence-corrected chi connectivity index (χ4v) is 1.88. The van der Waals surface area contributed by atoms with Crippen molar-refractivity contribution in [2.24, 2.45) is 11.3 Å². The van der Waals surface area contributed by atoms with Crippen LogP contribution in [0.3, 0.4) is 0 Å². The summed E-state index contributed by atoms with van der Waals surface area (Å²) >= 11 is 11.6. The van der Waals surface area contributed by atoms with Crippen molar-refractivity contribution < 1.29 is 14.7 Å². The van der Waals surface area contributed by atoms with Gasteiger partial charge >= 0.3 is 5.97 Å². The Morgan fingerprint density at radius 3 is 2.33 bits per heavy atom. The first-order valence-electron chi connectivity index (χ1n) is 4.59. The van der Waals surface area contributed by atoms with Crippen molar-refractivity contribution >= 4 is 35.1 Å². The summed E-state index contributed by atoms with van der Waals surface area (Å²) in [6.07, 6.45) is 0.399. The monoisotopic (exact) mass is 253 g/mol. The van der Waals surface area contributed by atoms with Crippen molar-refractivity contribution in [2.75, 3.05) is 6.54 Å². The molecule has 0 radical (unpaired) electrons. The smallest absolute Gasteiger partial charge is 0.308 e. The zero-order chi connectivity index (χ0) is 11.9. The Kier molecular flexibility index (Phi) is 3.22. The van der Waals surface area contributed by atoms with Crippen LogP contribution in [0.25, 0.3) is 0 Å². The van der Waals surface area contributed by atoms with Gasteiger partial charge in [0.25, 0.3) is 0 Å². The van der Waals surface area contributed by atoms with Gasteiger partial charge in [0.15, 0.2) is 0 Å². The molecule has 1 fully saturated rings. The molecule has 4 nitrogen and oxygen atoms in total. The third-order valence-electron chi connectivity index (χ3n) is 2.75. The first-order chi connectivity index (χ1) is 6.71. The molecule has 6 heteroatoms. The van der Waals surface area contributed by atoms with Crippen LogP contribution in [-0.2, 0) is 9.59 Å². The number of halogens is 2. The molecular formula is C9H13Cl2NO3. The predicted octanol–water partition coefficient (Wildman–Crippen LogP) is 1.41. The van der Waals surface area contributed by atoms with E-state index in [-0.39, 0.29) is 12.5 Å². The quantitative estimate of drug-likeness (QED) is 0.745. The van der Waals surface area contributed by atoms with Gasteiger partial charge in [0, 0.05) is 6.54 Å². The molecule has 0 aromatic carbocycles. The van der Waals surface area contributed by atoms with Crippen LogP contribution in [0, 0.1) is 11.3 Å². The van der Waals surface area contributed by atoms with Gasteiger partial charge in [-0.3, -0.25) is 9.59 Å². The van der Waals surface area contributed by atoms with Gasteiger partial charge in [-0.2, -0.15) is 0 Å². The van der Waals surface area contributed by atoms with E-state index in [1.54, 1.807) is 6.92 Å². The lowest BCUT2D eigenvalue weighted by Crippen LogP contribution is -2.37. The SMILES string of the molecule is C[C@H](CNC(=O)[C@@]1(C)CC1(Cl)Cl)C(=O)O. The second-order valence-electron chi connectivity index (χ2n) is 4.16. The molecule has 1 saturated carbocycles. The number of carboxylic acid groups (broad SMARTS) is 1. The summed E-state index contributed by atoms with van der Waals surface area (Å²) in [6, 6.07) is 0. The molecule has 0 aromatic rings. The third kappa shape index (κ3) is 2.37. The fraction of sp³-hybridized carbons (Fsp3) is 0.778. The Bertz CT molecular complexity index is 306. The molecule has 1 aliphatic carbocycles. The minimum Gasteiger partial charge on any atom is -0.481 e. The summed E-state index contributed by atoms with van der Waals surface area (Å²) in [7, 11) is 0. The van der Waals surface area contributed by atoms with Gasteiger partial charge in [0.05, 0.1) is 11.3 Å². The Balaban J connectivity index is 2.42. The molecule has 0 aliphatic heterocycles. The Morgan fingerprint density at radius 2 is 2.00 bits per heavy atom. The summed E-state index contributed by atoms with van der Waals surface area (Å²) in [5, 5.41) is 11.1. The number of hydrogen-bond acceptors (Lipinski definition) is 2. The molecule has 1 aliphatic rings. The van der Waals surface area contributed by atoms with Crippen LogP contribution in [0.4, 0.5) is 0 Å². The van der Waals surface area contributed by atoms with Crippen LogP contribution < -0.4 is 5.32 Å². The normalized spacial score (nSPS) is 29.3. The fourth-order valence-electron chi connectivity index (χ4n) is 1.17. The van der Waals surface area contributed by atoms with E-state index >= 15 is 0 Å². The summed E-state index contributed by atoms with van der Waals surface area (Å²) < 4.78 is -1.01. The van der Waals surface area contributed by atoms with Crippen LogP contribution in [0.2, 0.25) is 0 Å². The number of nitrogens with one attached hydrogen (secondary N) is 1. The van der Waals surface area contributed by atoms with Crippen molar-refractivity contribution in [3.8, 4) is 0 Å². The molecule has 0 bridgehead atoms. The highest BCUT2D eigenvalue weighted by molar-refractivity contribution is 6.53. The highest BCUT2D eigenvalue weighted by Gasteiger charge is 2.67. The average Bonchev–Trinajstić information content (AvgIpc) is 2.62. The van der Waals surface area contributed by atoms with Gasteiger partial charge in [0.2, 0.25) is 5.91 Å². The van der Waals surface area contributed by atoms with E-state index in [9.17, 15) is 9.59 Å². The molecule has 0 spiro atoms. The van der Waals surface area contributed by atoms with Crippen LogP contribution in [-0.4, -0.2) is 27.9 Å². The van der Waals surface area contributed by atoms with Crippen molar-refractivity contribution in [1.29, 1.82) is 0 Å². The number of carbonyl (C=O) groups excluding carboxylic acids is 1. The summed E-state index contributed by atoms with van der Waals surface area (Å²) in [5.74, 6) is -1.85. The lowest BCUT2D eigenvalue weighted by molar-refractivity contribution is -0.141. The Labute approximate surface area is 97.9 Å². The minimum absolute atomic E-state index is 0.0909. The summed E-state index contributed by atoms with van der Waals surface area (Å²) in [5.41, 5.74) is -0.783. The molecule has 2 atom stereocenters. The second-order valence-corrected chi connectivity index (χ2v) is 5.65. The number of carboxylic acids is 1. The van der Waals surface area contributed by atoms with E-state index in [0.29, 0.717) is 6.42 Å². The molecular weight excluding hydrogens is 241 g/mol. The lowest BCUT2D eigenvalue weighted by atomic mass is 10.1. The molecule has 0 heterocycles. The van der Waals surface area contributed by atoms with Gasteiger partial charge in [-0.25, -0.2) is 0 Å². The van der Waals surface area contributed by atoms with Crippen LogP contribution in [0.1, 0.15) is 20.3 Å². The second kappa shape index (κ2) is 3.83. The van der Waals surface area contributed by atoms with Crippen LogP contribution in [0.5, 0.6) is 0 Å². The number of hydrogen-bond donors (Lipinski definition) is 2. The molecule has 1 rings (SSSR count). The lowest BCUT2D eigenvalue weighted by Gasteiger charge is -2.14. The van der Waals surface area contributed by atoms with E-state index in [0.717, 1.165) is 0 Å². The van der Waals surface area contributed by atoms with E-state index in [1.807, 2.05) is 0 Å². The van der Waals surface area contributed by atoms with Gasteiger partial charge in [-0.1, -0.05) is 6.92 Å². The number of alkyl halides is 2. The first kappa shape index (κ1) is 12.6. The number of amides is 1. The van der Waals surface area contributed by atoms with Gasteiger partial charge in [-0.05, 0) is 13.3 Å². The highest BCUT2D eigenvalue weighted by Crippen LogP contribution is 2.63. The van der Waals surface area contributed by atoms with Crippen LogP contribution >= 0.6 is 23.2 Å². The zero-order valence-corrected chi connectivity index (χ0v) is 10.0. The van der Waals surface area contributed by atoms with Crippen LogP contribution in [0.15, 0.2) is 0 Å². The highest BCUT2D eigenvalue weighted by atomic mass is 35.5. The summed E-state index contributed by atoms with van der Waals surface area (Å²) in [6.45, 7) is 3.27. The number of aliphatic carboxylic acids is 1. The van der Waals surface area contributed by atoms with E-state index in [2.05, 4.69) is 5.32 Å². The third-order valence-corrected chi connectivity index (χ3v) is 3.85. The average molecular weight is 254 g/mol. The molecule has 0 unspecified atom stereocenters. The molecule has 0 aromatic heterocycles.